The van der Waals surface area contributed by atoms with Crippen molar-refractivity contribution in [3.8, 4) is 5.69 Å². The molecular weight excluding hydrogens is 241 g/mol. The molecule has 0 fully saturated rings. The molecule has 0 radical (unpaired) electrons. The Kier molecular flexibility index (Phi) is 4.32. The van der Waals surface area contributed by atoms with Crippen LogP contribution in [0.25, 0.3) is 5.69 Å². The first-order chi connectivity index (χ1) is 9.08. The van der Waals surface area contributed by atoms with Crippen molar-refractivity contribution in [2.24, 2.45) is 5.92 Å². The standard InChI is InChI=1S/C15H20FN3/c1-11(2)9-17-10-13-7-8-19(18-13)15-12(3)5-4-6-14(15)16/h4-8,11,17H,9-10H2,1-3H3. The third-order valence-electron chi connectivity index (χ3n) is 2.92. The van der Waals surface area contributed by atoms with E-state index in [2.05, 4.69) is 24.3 Å². The first-order valence-electron chi connectivity index (χ1n) is 6.58. The Labute approximate surface area is 113 Å². The molecule has 0 aliphatic carbocycles. The number of hydrogen-bond donors (Lipinski definition) is 1. The summed E-state index contributed by atoms with van der Waals surface area (Å²) in [6.07, 6.45) is 1.80. The highest BCUT2D eigenvalue weighted by atomic mass is 19.1. The predicted octanol–water partition coefficient (Wildman–Crippen LogP) is 3.07. The lowest BCUT2D eigenvalue weighted by Gasteiger charge is -2.07. The van der Waals surface area contributed by atoms with Gasteiger partial charge in [-0.15, -0.1) is 0 Å². The van der Waals surface area contributed by atoms with E-state index in [9.17, 15) is 4.39 Å². The summed E-state index contributed by atoms with van der Waals surface area (Å²) in [5, 5.41) is 7.74. The van der Waals surface area contributed by atoms with Crippen LogP contribution < -0.4 is 5.32 Å². The number of nitrogens with zero attached hydrogens (tertiary/aromatic N) is 2. The molecule has 0 amide bonds. The minimum atomic E-state index is -0.246. The van der Waals surface area contributed by atoms with Gasteiger partial charge in [-0.1, -0.05) is 26.0 Å². The Morgan fingerprint density at radius 3 is 2.79 bits per heavy atom. The summed E-state index contributed by atoms with van der Waals surface area (Å²) >= 11 is 0. The average Bonchev–Trinajstić information content (AvgIpc) is 2.77. The Morgan fingerprint density at radius 1 is 1.32 bits per heavy atom. The Bertz CT molecular complexity index is 526. The minimum absolute atomic E-state index is 0.246. The van der Waals surface area contributed by atoms with E-state index in [1.807, 2.05) is 19.1 Å². The van der Waals surface area contributed by atoms with Gasteiger partial charge in [0.25, 0.3) is 0 Å². The molecule has 1 aromatic carbocycles. The van der Waals surface area contributed by atoms with Gasteiger partial charge in [0, 0.05) is 12.7 Å². The molecule has 4 heteroatoms. The van der Waals surface area contributed by atoms with Gasteiger partial charge in [-0.05, 0) is 37.1 Å². The Morgan fingerprint density at radius 2 is 2.11 bits per heavy atom. The molecule has 0 aliphatic rings. The van der Waals surface area contributed by atoms with Crippen molar-refractivity contribution in [2.75, 3.05) is 6.54 Å². The molecule has 19 heavy (non-hydrogen) atoms. The van der Waals surface area contributed by atoms with Crippen LogP contribution in [0.1, 0.15) is 25.1 Å². The SMILES string of the molecule is Cc1cccc(F)c1-n1ccc(CNCC(C)C)n1. The highest BCUT2D eigenvalue weighted by molar-refractivity contribution is 5.40. The summed E-state index contributed by atoms with van der Waals surface area (Å²) in [5.74, 6) is 0.362. The molecule has 2 rings (SSSR count). The molecule has 3 nitrogen and oxygen atoms in total. The second-order valence-corrected chi connectivity index (χ2v) is 5.18. The summed E-state index contributed by atoms with van der Waals surface area (Å²) in [6, 6.07) is 6.97. The number of rotatable bonds is 5. The first kappa shape index (κ1) is 13.7. The van der Waals surface area contributed by atoms with E-state index in [0.29, 0.717) is 18.2 Å². The van der Waals surface area contributed by atoms with E-state index in [0.717, 1.165) is 17.8 Å². The number of hydrogen-bond acceptors (Lipinski definition) is 2. The molecule has 0 bridgehead atoms. The second kappa shape index (κ2) is 5.97. The lowest BCUT2D eigenvalue weighted by atomic mass is 10.2. The number of halogens is 1. The van der Waals surface area contributed by atoms with E-state index in [1.165, 1.54) is 6.07 Å². The van der Waals surface area contributed by atoms with Gasteiger partial charge in [-0.3, -0.25) is 0 Å². The molecule has 0 saturated carbocycles. The van der Waals surface area contributed by atoms with Gasteiger partial charge >= 0.3 is 0 Å². The van der Waals surface area contributed by atoms with Gasteiger partial charge in [0.05, 0.1) is 5.69 Å². The minimum Gasteiger partial charge on any atom is -0.311 e. The van der Waals surface area contributed by atoms with Crippen LogP contribution in [0.3, 0.4) is 0 Å². The maximum absolute atomic E-state index is 13.8. The predicted molar refractivity (Wildman–Crippen MR) is 74.8 cm³/mol. The van der Waals surface area contributed by atoms with E-state index in [-0.39, 0.29) is 5.82 Å². The lowest BCUT2D eigenvalue weighted by molar-refractivity contribution is 0.545. The van der Waals surface area contributed by atoms with Gasteiger partial charge in [0.1, 0.15) is 11.5 Å². The molecule has 0 unspecified atom stereocenters. The van der Waals surface area contributed by atoms with Gasteiger partial charge in [-0.25, -0.2) is 9.07 Å². The van der Waals surface area contributed by atoms with Crippen molar-refractivity contribution in [1.82, 2.24) is 15.1 Å². The van der Waals surface area contributed by atoms with Crippen LogP contribution in [0.2, 0.25) is 0 Å². The highest BCUT2D eigenvalue weighted by Crippen LogP contribution is 2.17. The normalized spacial score (nSPS) is 11.2. The lowest BCUT2D eigenvalue weighted by Crippen LogP contribution is -2.19. The van der Waals surface area contributed by atoms with Crippen LogP contribution in [0.5, 0.6) is 0 Å². The second-order valence-electron chi connectivity index (χ2n) is 5.18. The zero-order valence-corrected chi connectivity index (χ0v) is 11.7. The number of benzene rings is 1. The van der Waals surface area contributed by atoms with Crippen LogP contribution in [-0.2, 0) is 6.54 Å². The molecule has 1 heterocycles. The van der Waals surface area contributed by atoms with Crippen molar-refractivity contribution in [3.63, 3.8) is 0 Å². The summed E-state index contributed by atoms with van der Waals surface area (Å²) in [5.41, 5.74) is 2.32. The largest absolute Gasteiger partial charge is 0.311 e. The molecular formula is C15H20FN3. The van der Waals surface area contributed by atoms with E-state index in [4.69, 9.17) is 0 Å². The fourth-order valence-corrected chi connectivity index (χ4v) is 1.98. The molecule has 0 aliphatic heterocycles. The van der Waals surface area contributed by atoms with E-state index in [1.54, 1.807) is 16.9 Å². The Balaban J connectivity index is 2.12. The fourth-order valence-electron chi connectivity index (χ4n) is 1.98. The molecule has 1 aromatic heterocycles. The third-order valence-corrected chi connectivity index (χ3v) is 2.92. The van der Waals surface area contributed by atoms with E-state index >= 15 is 0 Å². The van der Waals surface area contributed by atoms with Crippen LogP contribution in [-0.4, -0.2) is 16.3 Å². The maximum atomic E-state index is 13.8. The maximum Gasteiger partial charge on any atom is 0.149 e. The summed E-state index contributed by atoms with van der Waals surface area (Å²) in [6.45, 7) is 7.86. The summed E-state index contributed by atoms with van der Waals surface area (Å²) in [7, 11) is 0. The number of para-hydroxylation sites is 1. The zero-order chi connectivity index (χ0) is 13.8. The van der Waals surface area contributed by atoms with Crippen molar-refractivity contribution in [1.29, 1.82) is 0 Å². The van der Waals surface area contributed by atoms with Crippen molar-refractivity contribution in [3.05, 3.63) is 47.5 Å². The monoisotopic (exact) mass is 261 g/mol. The van der Waals surface area contributed by atoms with Crippen LogP contribution in [0, 0.1) is 18.7 Å². The molecule has 0 saturated heterocycles. The summed E-state index contributed by atoms with van der Waals surface area (Å²) < 4.78 is 15.4. The van der Waals surface area contributed by atoms with Crippen LogP contribution in [0.4, 0.5) is 4.39 Å². The fraction of sp³-hybridized carbons (Fsp3) is 0.400. The third kappa shape index (κ3) is 3.41. The van der Waals surface area contributed by atoms with Crippen molar-refractivity contribution >= 4 is 0 Å². The quantitative estimate of drug-likeness (QED) is 0.896. The zero-order valence-electron chi connectivity index (χ0n) is 11.7. The van der Waals surface area contributed by atoms with Gasteiger partial charge in [0.2, 0.25) is 0 Å². The number of nitrogens with one attached hydrogen (secondary N) is 1. The average molecular weight is 261 g/mol. The van der Waals surface area contributed by atoms with Gasteiger partial charge < -0.3 is 5.32 Å². The smallest absolute Gasteiger partial charge is 0.149 e. The highest BCUT2D eigenvalue weighted by Gasteiger charge is 2.09. The van der Waals surface area contributed by atoms with Crippen LogP contribution >= 0.6 is 0 Å². The Hall–Kier alpha value is -1.68. The van der Waals surface area contributed by atoms with Crippen molar-refractivity contribution < 1.29 is 4.39 Å². The summed E-state index contributed by atoms with van der Waals surface area (Å²) in [4.78, 5) is 0. The van der Waals surface area contributed by atoms with Crippen molar-refractivity contribution in [2.45, 2.75) is 27.3 Å². The van der Waals surface area contributed by atoms with Gasteiger partial charge in [0.15, 0.2) is 0 Å². The number of aromatic nitrogens is 2. The molecule has 0 spiro atoms. The molecule has 2 aromatic rings. The molecule has 1 N–H and O–H groups in total. The molecule has 0 atom stereocenters. The first-order valence-corrected chi connectivity index (χ1v) is 6.58. The van der Waals surface area contributed by atoms with E-state index < -0.39 is 0 Å². The van der Waals surface area contributed by atoms with Crippen LogP contribution in [0.15, 0.2) is 30.5 Å². The number of aryl methyl sites for hydroxylation is 1. The molecule has 102 valence electrons. The van der Waals surface area contributed by atoms with Gasteiger partial charge in [-0.2, -0.15) is 5.10 Å². The topological polar surface area (TPSA) is 29.9 Å².